The van der Waals surface area contributed by atoms with Gasteiger partial charge in [-0.2, -0.15) is 0 Å². The first kappa shape index (κ1) is 13.4. The second kappa shape index (κ2) is 6.79. The van der Waals surface area contributed by atoms with Crippen molar-refractivity contribution in [2.75, 3.05) is 13.7 Å². The van der Waals surface area contributed by atoms with Gasteiger partial charge in [0.05, 0.1) is 0 Å². The van der Waals surface area contributed by atoms with Gasteiger partial charge in [-0.25, -0.2) is 0 Å². The van der Waals surface area contributed by atoms with Crippen molar-refractivity contribution < 1.29 is 4.74 Å². The van der Waals surface area contributed by atoms with Crippen LogP contribution in [0.2, 0.25) is 0 Å². The van der Waals surface area contributed by atoms with E-state index < -0.39 is 0 Å². The highest BCUT2D eigenvalue weighted by Gasteiger charge is 2.24. The van der Waals surface area contributed by atoms with E-state index in [0.717, 1.165) is 24.7 Å². The molecule has 1 aromatic carbocycles. The Kier molecular flexibility index (Phi) is 5.06. The molecule has 0 saturated heterocycles. The Hall–Kier alpha value is -1.02. The average Bonchev–Trinajstić information content (AvgIpc) is 2.94. The Morgan fingerprint density at radius 3 is 2.44 bits per heavy atom. The van der Waals surface area contributed by atoms with Crippen LogP contribution in [0, 0.1) is 5.92 Å². The van der Waals surface area contributed by atoms with E-state index in [1.54, 1.807) is 0 Å². The molecule has 0 bridgehead atoms. The third kappa shape index (κ3) is 3.49. The first-order valence-corrected chi connectivity index (χ1v) is 7.22. The third-order valence-corrected chi connectivity index (χ3v) is 4.10. The summed E-state index contributed by atoms with van der Waals surface area (Å²) in [4.78, 5) is 0. The zero-order chi connectivity index (χ0) is 12.8. The Balaban J connectivity index is 1.84. The van der Waals surface area contributed by atoms with Gasteiger partial charge in [-0.05, 0) is 49.9 Å². The lowest BCUT2D eigenvalue weighted by molar-refractivity contribution is 0.225. The summed E-state index contributed by atoms with van der Waals surface area (Å²) in [5, 5.41) is 3.41. The van der Waals surface area contributed by atoms with Gasteiger partial charge in [0.2, 0.25) is 0 Å². The van der Waals surface area contributed by atoms with E-state index in [1.807, 2.05) is 7.05 Å². The quantitative estimate of drug-likeness (QED) is 0.832. The number of benzene rings is 1. The lowest BCUT2D eigenvalue weighted by Gasteiger charge is -2.23. The molecule has 1 aromatic rings. The summed E-state index contributed by atoms with van der Waals surface area (Å²) in [6.07, 6.45) is 6.55. The monoisotopic (exact) mass is 247 g/mol. The number of ether oxygens (including phenoxy) is 1. The molecule has 1 saturated carbocycles. The van der Waals surface area contributed by atoms with Crippen LogP contribution < -0.4 is 10.1 Å². The van der Waals surface area contributed by atoms with Crippen molar-refractivity contribution in [1.82, 2.24) is 5.32 Å². The molecule has 0 radical (unpaired) electrons. The summed E-state index contributed by atoms with van der Waals surface area (Å²) in [5.74, 6) is 1.79. The zero-order valence-electron chi connectivity index (χ0n) is 11.6. The fourth-order valence-corrected chi connectivity index (χ4v) is 2.82. The number of hydrogen-bond donors (Lipinski definition) is 1. The largest absolute Gasteiger partial charge is 0.492 e. The maximum Gasteiger partial charge on any atom is 0.119 e. The van der Waals surface area contributed by atoms with Crippen LogP contribution in [-0.2, 0) is 6.42 Å². The van der Waals surface area contributed by atoms with E-state index in [4.69, 9.17) is 4.74 Å². The molecular formula is C16H25NO. The topological polar surface area (TPSA) is 21.3 Å². The number of nitrogens with one attached hydrogen (secondary N) is 1. The van der Waals surface area contributed by atoms with Crippen LogP contribution >= 0.6 is 0 Å². The fraction of sp³-hybridized carbons (Fsp3) is 0.625. The first-order valence-electron chi connectivity index (χ1n) is 7.22. The van der Waals surface area contributed by atoms with Crippen molar-refractivity contribution >= 4 is 0 Å². The lowest BCUT2D eigenvalue weighted by atomic mass is 9.99. The standard InChI is InChI=1S/C16H25NO/c1-3-13-8-10-15(11-9-13)18-12-16(17-2)14-6-4-5-7-14/h8-11,14,16-17H,3-7,12H2,1-2H3. The van der Waals surface area contributed by atoms with Crippen LogP contribution in [-0.4, -0.2) is 19.7 Å². The molecule has 1 aliphatic carbocycles. The summed E-state index contributed by atoms with van der Waals surface area (Å²) in [5.41, 5.74) is 1.36. The molecule has 0 aliphatic heterocycles. The second-order valence-corrected chi connectivity index (χ2v) is 5.25. The first-order chi connectivity index (χ1) is 8.83. The van der Waals surface area contributed by atoms with E-state index in [9.17, 15) is 0 Å². The van der Waals surface area contributed by atoms with Crippen LogP contribution in [0.15, 0.2) is 24.3 Å². The molecule has 0 aromatic heterocycles. The van der Waals surface area contributed by atoms with Gasteiger partial charge in [-0.15, -0.1) is 0 Å². The van der Waals surface area contributed by atoms with Crippen molar-refractivity contribution in [1.29, 1.82) is 0 Å². The molecule has 1 N–H and O–H groups in total. The van der Waals surface area contributed by atoms with Gasteiger partial charge in [-0.3, -0.25) is 0 Å². The summed E-state index contributed by atoms with van der Waals surface area (Å²) < 4.78 is 5.91. The Morgan fingerprint density at radius 1 is 1.22 bits per heavy atom. The third-order valence-electron chi connectivity index (χ3n) is 4.10. The van der Waals surface area contributed by atoms with E-state index in [-0.39, 0.29) is 0 Å². The van der Waals surface area contributed by atoms with Gasteiger partial charge in [0.1, 0.15) is 12.4 Å². The van der Waals surface area contributed by atoms with Crippen LogP contribution in [0.1, 0.15) is 38.2 Å². The molecule has 1 fully saturated rings. The Bertz CT molecular complexity index is 341. The van der Waals surface area contributed by atoms with Gasteiger partial charge in [-0.1, -0.05) is 31.9 Å². The molecule has 1 atom stereocenters. The zero-order valence-corrected chi connectivity index (χ0v) is 11.6. The summed E-state index contributed by atoms with van der Waals surface area (Å²) in [6, 6.07) is 8.97. The highest BCUT2D eigenvalue weighted by molar-refractivity contribution is 5.27. The molecular weight excluding hydrogens is 222 g/mol. The highest BCUT2D eigenvalue weighted by atomic mass is 16.5. The van der Waals surface area contributed by atoms with Crippen molar-refractivity contribution in [2.45, 2.75) is 45.1 Å². The van der Waals surface area contributed by atoms with E-state index in [1.165, 1.54) is 31.2 Å². The molecule has 0 amide bonds. The van der Waals surface area contributed by atoms with Crippen molar-refractivity contribution in [3.63, 3.8) is 0 Å². The van der Waals surface area contributed by atoms with Crippen molar-refractivity contribution in [3.05, 3.63) is 29.8 Å². The predicted molar refractivity (Wildman–Crippen MR) is 76.1 cm³/mol. The summed E-state index contributed by atoms with van der Waals surface area (Å²) in [6.45, 7) is 2.96. The van der Waals surface area contributed by atoms with Gasteiger partial charge < -0.3 is 10.1 Å². The second-order valence-electron chi connectivity index (χ2n) is 5.25. The minimum atomic E-state index is 0.498. The molecule has 100 valence electrons. The van der Waals surface area contributed by atoms with E-state index in [0.29, 0.717) is 6.04 Å². The maximum absolute atomic E-state index is 5.91. The molecule has 1 aliphatic rings. The fourth-order valence-electron chi connectivity index (χ4n) is 2.82. The minimum Gasteiger partial charge on any atom is -0.492 e. The maximum atomic E-state index is 5.91. The smallest absolute Gasteiger partial charge is 0.119 e. The summed E-state index contributed by atoms with van der Waals surface area (Å²) >= 11 is 0. The highest BCUT2D eigenvalue weighted by Crippen LogP contribution is 2.28. The lowest BCUT2D eigenvalue weighted by Crippen LogP contribution is -2.37. The predicted octanol–water partition coefficient (Wildman–Crippen LogP) is 3.41. The molecule has 2 heteroatoms. The normalized spacial score (nSPS) is 17.9. The number of likely N-dealkylation sites (N-methyl/N-ethyl adjacent to an activating group) is 1. The average molecular weight is 247 g/mol. The van der Waals surface area contributed by atoms with Crippen molar-refractivity contribution in [2.24, 2.45) is 5.92 Å². The van der Waals surface area contributed by atoms with Gasteiger partial charge in [0, 0.05) is 6.04 Å². The molecule has 0 spiro atoms. The van der Waals surface area contributed by atoms with E-state index in [2.05, 4.69) is 36.5 Å². The summed E-state index contributed by atoms with van der Waals surface area (Å²) in [7, 11) is 2.05. The van der Waals surface area contributed by atoms with Gasteiger partial charge in [0.15, 0.2) is 0 Å². The van der Waals surface area contributed by atoms with Gasteiger partial charge >= 0.3 is 0 Å². The Labute approximate surface area is 111 Å². The molecule has 2 nitrogen and oxygen atoms in total. The Morgan fingerprint density at radius 2 is 1.89 bits per heavy atom. The molecule has 0 heterocycles. The molecule has 1 unspecified atom stereocenters. The number of aryl methyl sites for hydroxylation is 1. The minimum absolute atomic E-state index is 0.498. The van der Waals surface area contributed by atoms with Crippen LogP contribution in [0.3, 0.4) is 0 Å². The van der Waals surface area contributed by atoms with Gasteiger partial charge in [0.25, 0.3) is 0 Å². The van der Waals surface area contributed by atoms with Crippen molar-refractivity contribution in [3.8, 4) is 5.75 Å². The molecule has 2 rings (SSSR count). The number of hydrogen-bond acceptors (Lipinski definition) is 2. The SMILES string of the molecule is CCc1ccc(OCC(NC)C2CCCC2)cc1. The molecule has 18 heavy (non-hydrogen) atoms. The van der Waals surface area contributed by atoms with Crippen LogP contribution in [0.4, 0.5) is 0 Å². The van der Waals surface area contributed by atoms with E-state index >= 15 is 0 Å². The van der Waals surface area contributed by atoms with Crippen LogP contribution in [0.5, 0.6) is 5.75 Å². The number of rotatable bonds is 6. The van der Waals surface area contributed by atoms with Crippen LogP contribution in [0.25, 0.3) is 0 Å².